The molecule has 0 amide bonds. The van der Waals surface area contributed by atoms with E-state index < -0.39 is 19.8 Å². The van der Waals surface area contributed by atoms with Crippen LogP contribution in [0.25, 0.3) is 0 Å². The number of hydrogen-bond donors (Lipinski definition) is 0. The summed E-state index contributed by atoms with van der Waals surface area (Å²) in [6.07, 6.45) is 4.83. The zero-order valence-corrected chi connectivity index (χ0v) is 19.5. The van der Waals surface area contributed by atoms with Gasteiger partial charge >= 0.3 is 19.8 Å². The number of phosphoric ester groups is 1. The molecule has 8 nitrogen and oxygen atoms in total. The third kappa shape index (κ3) is 15.4. The monoisotopic (exact) mass is 448 g/mol. The predicted octanol–water partition coefficient (Wildman–Crippen LogP) is 5.13. The number of hydrogen-bond acceptors (Lipinski definition) is 8. The van der Waals surface area contributed by atoms with Gasteiger partial charge in [0.25, 0.3) is 0 Å². The van der Waals surface area contributed by atoms with Crippen LogP contribution in [0.1, 0.15) is 65.7 Å². The van der Waals surface area contributed by atoms with E-state index in [-0.39, 0.29) is 19.8 Å². The van der Waals surface area contributed by atoms with Crippen LogP contribution >= 0.6 is 7.82 Å². The minimum atomic E-state index is -3.60. The molecule has 174 valence electrons. The van der Waals surface area contributed by atoms with E-state index in [9.17, 15) is 14.2 Å². The third-order valence-electron chi connectivity index (χ3n) is 3.69. The van der Waals surface area contributed by atoms with Gasteiger partial charge in [-0.3, -0.25) is 13.6 Å². The van der Waals surface area contributed by atoms with Gasteiger partial charge in [-0.15, -0.1) is 0 Å². The first kappa shape index (κ1) is 28.5. The lowest BCUT2D eigenvalue weighted by Crippen LogP contribution is -2.07. The molecule has 0 radical (unpaired) electrons. The third-order valence-corrected chi connectivity index (χ3v) is 5.19. The highest BCUT2D eigenvalue weighted by molar-refractivity contribution is 7.48. The fraction of sp³-hybridized carbons (Fsp3) is 0.714. The minimum Gasteiger partial charge on any atom is -0.462 e. The summed E-state index contributed by atoms with van der Waals surface area (Å²) in [6, 6.07) is 0. The zero-order chi connectivity index (χ0) is 22.8. The summed E-state index contributed by atoms with van der Waals surface area (Å²) in [6.45, 7) is 13.5. The van der Waals surface area contributed by atoms with E-state index in [1.54, 1.807) is 13.8 Å². The Morgan fingerprint density at radius 3 is 1.40 bits per heavy atom. The van der Waals surface area contributed by atoms with Crippen LogP contribution < -0.4 is 0 Å². The molecule has 0 saturated carbocycles. The van der Waals surface area contributed by atoms with Crippen molar-refractivity contribution in [3.05, 3.63) is 24.3 Å². The first-order valence-electron chi connectivity index (χ1n) is 10.4. The number of esters is 2. The van der Waals surface area contributed by atoms with Gasteiger partial charge in [-0.25, -0.2) is 14.2 Å². The van der Waals surface area contributed by atoms with Crippen LogP contribution in [0.15, 0.2) is 24.3 Å². The quantitative estimate of drug-likeness (QED) is 0.116. The molecule has 0 unspecified atom stereocenters. The van der Waals surface area contributed by atoms with Gasteiger partial charge in [0.1, 0.15) is 0 Å². The van der Waals surface area contributed by atoms with Gasteiger partial charge in [0.05, 0.1) is 33.0 Å². The van der Waals surface area contributed by atoms with Crippen LogP contribution in [-0.4, -0.2) is 45.0 Å². The van der Waals surface area contributed by atoms with Crippen molar-refractivity contribution in [3.63, 3.8) is 0 Å². The van der Waals surface area contributed by atoms with Gasteiger partial charge in [-0.1, -0.05) is 20.1 Å². The van der Waals surface area contributed by atoms with E-state index in [1.165, 1.54) is 0 Å². The molecule has 0 rings (SSSR count). The molecule has 0 aliphatic carbocycles. The Labute approximate surface area is 180 Å². The Kier molecular flexibility index (Phi) is 16.4. The number of ether oxygens (including phenoxy) is 2. The lowest BCUT2D eigenvalue weighted by atomic mass is 10.2. The maximum atomic E-state index is 12.7. The topological polar surface area (TPSA) is 97.4 Å². The Balaban J connectivity index is 3.98. The Morgan fingerprint density at radius 2 is 1.03 bits per heavy atom. The zero-order valence-electron chi connectivity index (χ0n) is 18.6. The predicted molar refractivity (Wildman–Crippen MR) is 115 cm³/mol. The molecule has 0 atom stereocenters. The van der Waals surface area contributed by atoms with Crippen LogP contribution in [0.5, 0.6) is 0 Å². The highest BCUT2D eigenvalue weighted by Crippen LogP contribution is 2.49. The van der Waals surface area contributed by atoms with Crippen molar-refractivity contribution in [1.29, 1.82) is 0 Å². The van der Waals surface area contributed by atoms with Crippen molar-refractivity contribution in [2.45, 2.75) is 65.7 Å². The van der Waals surface area contributed by atoms with Gasteiger partial charge in [-0.2, -0.15) is 0 Å². The highest BCUT2D eigenvalue weighted by Gasteiger charge is 2.25. The fourth-order valence-corrected chi connectivity index (χ4v) is 3.34. The summed E-state index contributed by atoms with van der Waals surface area (Å²) in [4.78, 5) is 22.5. The van der Waals surface area contributed by atoms with Crippen LogP contribution in [0.4, 0.5) is 0 Å². The summed E-state index contributed by atoms with van der Waals surface area (Å²) >= 11 is 0. The normalized spacial score (nSPS) is 11.2. The number of phosphoric acid groups is 1. The van der Waals surface area contributed by atoms with Crippen LogP contribution in [0, 0.1) is 0 Å². The molecule has 0 aliphatic rings. The molecule has 9 heteroatoms. The van der Waals surface area contributed by atoms with Gasteiger partial charge < -0.3 is 9.47 Å². The summed E-state index contributed by atoms with van der Waals surface area (Å²) in [5.74, 6) is -0.794. The summed E-state index contributed by atoms with van der Waals surface area (Å²) in [7, 11) is -3.60. The standard InChI is InChI=1S/C21H37O8P/c1-6-13-27-30(24,28-16-11-7-9-14-25-20(22)18(2)3)29-17-12-8-10-15-26-21(23)19(4)5/h2,4,6-17H2,1,3,5H3. The number of carbonyl (C=O) groups is 2. The molecule has 0 aromatic carbocycles. The molecule has 0 fully saturated rings. The highest BCUT2D eigenvalue weighted by atomic mass is 31.2. The van der Waals surface area contributed by atoms with E-state index in [0.29, 0.717) is 56.5 Å². The van der Waals surface area contributed by atoms with Crippen molar-refractivity contribution in [2.24, 2.45) is 0 Å². The lowest BCUT2D eigenvalue weighted by molar-refractivity contribution is -0.139. The smallest absolute Gasteiger partial charge is 0.462 e. The fourth-order valence-electron chi connectivity index (χ4n) is 2.01. The SMILES string of the molecule is C=C(C)C(=O)OCCCCCOP(=O)(OCCC)OCCCCCOC(=O)C(=C)C. The van der Waals surface area contributed by atoms with Gasteiger partial charge in [0, 0.05) is 11.1 Å². The molecule has 0 heterocycles. The Morgan fingerprint density at radius 1 is 0.667 bits per heavy atom. The molecule has 0 N–H and O–H groups in total. The van der Waals surface area contributed by atoms with Gasteiger partial charge in [0.15, 0.2) is 0 Å². The average molecular weight is 448 g/mol. The molecule has 0 saturated heterocycles. The Hall–Kier alpha value is -1.47. The molecule has 30 heavy (non-hydrogen) atoms. The van der Waals surface area contributed by atoms with Crippen LogP contribution in [0.3, 0.4) is 0 Å². The van der Waals surface area contributed by atoms with Crippen molar-refractivity contribution < 1.29 is 37.2 Å². The van der Waals surface area contributed by atoms with Crippen LogP contribution in [0.2, 0.25) is 0 Å². The van der Waals surface area contributed by atoms with E-state index in [1.807, 2.05) is 6.92 Å². The Bertz CT molecular complexity index is 544. The minimum absolute atomic E-state index is 0.228. The molecule has 0 spiro atoms. The van der Waals surface area contributed by atoms with Gasteiger partial charge in [0.2, 0.25) is 0 Å². The second-order valence-corrected chi connectivity index (χ2v) is 8.57. The van der Waals surface area contributed by atoms with Crippen molar-refractivity contribution in [2.75, 3.05) is 33.0 Å². The summed E-state index contributed by atoms with van der Waals surface area (Å²) in [5.41, 5.74) is 0.745. The largest absolute Gasteiger partial charge is 0.474 e. The second-order valence-electron chi connectivity index (χ2n) is 6.90. The molecular formula is C21H37O8P. The van der Waals surface area contributed by atoms with Crippen molar-refractivity contribution >= 4 is 19.8 Å². The average Bonchev–Trinajstić information content (AvgIpc) is 2.70. The van der Waals surface area contributed by atoms with E-state index in [4.69, 9.17) is 23.0 Å². The molecule has 0 aromatic rings. The van der Waals surface area contributed by atoms with Crippen molar-refractivity contribution in [3.8, 4) is 0 Å². The maximum absolute atomic E-state index is 12.7. The number of rotatable bonds is 19. The van der Waals surface area contributed by atoms with E-state index in [0.717, 1.165) is 12.8 Å². The van der Waals surface area contributed by atoms with Crippen molar-refractivity contribution in [1.82, 2.24) is 0 Å². The molecule has 0 bridgehead atoms. The maximum Gasteiger partial charge on any atom is 0.474 e. The summed E-state index contributed by atoms with van der Waals surface area (Å²) in [5, 5.41) is 0. The first-order chi connectivity index (χ1) is 14.2. The number of unbranched alkanes of at least 4 members (excludes halogenated alkanes) is 4. The van der Waals surface area contributed by atoms with E-state index >= 15 is 0 Å². The first-order valence-corrected chi connectivity index (χ1v) is 11.9. The van der Waals surface area contributed by atoms with Crippen LogP contribution in [-0.2, 0) is 37.2 Å². The second kappa shape index (κ2) is 17.2. The molecular weight excluding hydrogens is 411 g/mol. The molecule has 0 aromatic heterocycles. The van der Waals surface area contributed by atoms with Gasteiger partial charge in [-0.05, 0) is 58.8 Å². The summed E-state index contributed by atoms with van der Waals surface area (Å²) < 4.78 is 38.8. The number of carbonyl (C=O) groups excluding carboxylic acids is 2. The molecule has 0 aliphatic heterocycles. The van der Waals surface area contributed by atoms with E-state index in [2.05, 4.69) is 13.2 Å². The lowest BCUT2D eigenvalue weighted by Gasteiger charge is -2.17.